The van der Waals surface area contributed by atoms with E-state index in [9.17, 15) is 0 Å². The van der Waals surface area contributed by atoms with Crippen LogP contribution in [0.4, 0.5) is 0 Å². The fourth-order valence-corrected chi connectivity index (χ4v) is 2.33. The van der Waals surface area contributed by atoms with Crippen molar-refractivity contribution in [3.8, 4) is 0 Å². The van der Waals surface area contributed by atoms with Gasteiger partial charge in [-0.15, -0.1) is 0 Å². The second-order valence-electron chi connectivity index (χ2n) is 6.60. The Kier molecular flexibility index (Phi) is 4.64. The van der Waals surface area contributed by atoms with Crippen LogP contribution < -0.4 is 5.32 Å². The molecule has 1 aromatic rings. The van der Waals surface area contributed by atoms with E-state index < -0.39 is 0 Å². The third kappa shape index (κ3) is 3.80. The Morgan fingerprint density at radius 1 is 1.21 bits per heavy atom. The molecule has 1 aliphatic carbocycles. The molecule has 0 heterocycles. The third-order valence-electron chi connectivity index (χ3n) is 4.08. The summed E-state index contributed by atoms with van der Waals surface area (Å²) in [6, 6.07) is 9.23. The molecule has 0 saturated heterocycles. The van der Waals surface area contributed by atoms with E-state index in [1.165, 1.54) is 30.4 Å². The fraction of sp³-hybridized carbons (Fsp3) is 0.647. The molecule has 1 aliphatic rings. The number of benzene rings is 1. The van der Waals surface area contributed by atoms with Crippen molar-refractivity contribution in [2.24, 2.45) is 0 Å². The normalized spacial score (nSPS) is 18.1. The van der Waals surface area contributed by atoms with Crippen LogP contribution in [0.15, 0.2) is 24.3 Å². The molecule has 106 valence electrons. The van der Waals surface area contributed by atoms with Crippen LogP contribution in [-0.4, -0.2) is 19.8 Å². The molecule has 1 aromatic carbocycles. The van der Waals surface area contributed by atoms with Crippen LogP contribution in [0.2, 0.25) is 0 Å². The van der Waals surface area contributed by atoms with Crippen LogP contribution in [0.5, 0.6) is 0 Å². The second kappa shape index (κ2) is 6.06. The number of likely N-dealkylation sites (N-methyl/N-ethyl adjacent to an activating group) is 1. The van der Waals surface area contributed by atoms with E-state index in [2.05, 4.69) is 50.4 Å². The average molecular weight is 261 g/mol. The topological polar surface area (TPSA) is 21.3 Å². The molecule has 1 unspecified atom stereocenters. The monoisotopic (exact) mass is 261 g/mol. The molecule has 1 atom stereocenters. The van der Waals surface area contributed by atoms with Crippen molar-refractivity contribution in [1.29, 1.82) is 0 Å². The summed E-state index contributed by atoms with van der Waals surface area (Å²) in [6.07, 6.45) is 4.30. The van der Waals surface area contributed by atoms with Gasteiger partial charge in [0.1, 0.15) is 0 Å². The second-order valence-corrected chi connectivity index (χ2v) is 6.60. The standard InChI is InChI=1S/C17H27NO/c1-17(2,3)14-10-8-13(9-11-14)16(18-4)12-19-15-6-5-7-15/h8-11,15-16,18H,5-7,12H2,1-4H3. The maximum absolute atomic E-state index is 5.92. The van der Waals surface area contributed by atoms with Gasteiger partial charge in [-0.25, -0.2) is 0 Å². The Morgan fingerprint density at radius 2 is 1.84 bits per heavy atom. The lowest BCUT2D eigenvalue weighted by molar-refractivity contribution is -0.00794. The van der Waals surface area contributed by atoms with Gasteiger partial charge in [-0.3, -0.25) is 0 Å². The quantitative estimate of drug-likeness (QED) is 0.870. The minimum Gasteiger partial charge on any atom is -0.376 e. The van der Waals surface area contributed by atoms with Gasteiger partial charge in [0.2, 0.25) is 0 Å². The van der Waals surface area contributed by atoms with Gasteiger partial charge >= 0.3 is 0 Å². The summed E-state index contributed by atoms with van der Waals surface area (Å²) < 4.78 is 5.92. The molecule has 0 aliphatic heterocycles. The summed E-state index contributed by atoms with van der Waals surface area (Å²) >= 11 is 0. The molecule has 1 fully saturated rings. The van der Waals surface area contributed by atoms with Crippen LogP contribution in [0.3, 0.4) is 0 Å². The maximum atomic E-state index is 5.92. The van der Waals surface area contributed by atoms with Gasteiger partial charge in [-0.05, 0) is 42.9 Å². The maximum Gasteiger partial charge on any atom is 0.0665 e. The zero-order chi connectivity index (χ0) is 13.9. The molecule has 2 rings (SSSR count). The number of hydrogen-bond donors (Lipinski definition) is 1. The highest BCUT2D eigenvalue weighted by Crippen LogP contribution is 2.26. The first kappa shape index (κ1) is 14.5. The van der Waals surface area contributed by atoms with Gasteiger partial charge in [0.05, 0.1) is 18.8 Å². The van der Waals surface area contributed by atoms with Crippen molar-refractivity contribution in [3.63, 3.8) is 0 Å². The van der Waals surface area contributed by atoms with E-state index in [4.69, 9.17) is 4.74 Å². The van der Waals surface area contributed by atoms with E-state index >= 15 is 0 Å². The van der Waals surface area contributed by atoms with Crippen LogP contribution in [-0.2, 0) is 10.2 Å². The Hall–Kier alpha value is -0.860. The Morgan fingerprint density at radius 3 is 2.26 bits per heavy atom. The first-order valence-corrected chi connectivity index (χ1v) is 7.40. The molecule has 0 amide bonds. The predicted molar refractivity (Wildman–Crippen MR) is 80.5 cm³/mol. The van der Waals surface area contributed by atoms with Crippen LogP contribution in [0.1, 0.15) is 57.2 Å². The molecule has 2 nitrogen and oxygen atoms in total. The minimum atomic E-state index is 0.218. The lowest BCUT2D eigenvalue weighted by Gasteiger charge is -2.28. The van der Waals surface area contributed by atoms with E-state index in [1.54, 1.807) is 0 Å². The van der Waals surface area contributed by atoms with Crippen LogP contribution >= 0.6 is 0 Å². The van der Waals surface area contributed by atoms with Gasteiger partial charge in [0.25, 0.3) is 0 Å². The number of hydrogen-bond acceptors (Lipinski definition) is 2. The van der Waals surface area contributed by atoms with Crippen molar-refractivity contribution in [2.75, 3.05) is 13.7 Å². The van der Waals surface area contributed by atoms with Gasteiger partial charge in [0, 0.05) is 0 Å². The highest BCUT2D eigenvalue weighted by atomic mass is 16.5. The summed E-state index contributed by atoms with van der Waals surface area (Å²) in [5.74, 6) is 0. The van der Waals surface area contributed by atoms with Gasteiger partial charge in [-0.1, -0.05) is 45.0 Å². The zero-order valence-corrected chi connectivity index (χ0v) is 12.7. The molecular weight excluding hydrogens is 234 g/mol. The Bertz CT molecular complexity index is 387. The molecule has 2 heteroatoms. The molecule has 0 bridgehead atoms. The largest absolute Gasteiger partial charge is 0.376 e. The summed E-state index contributed by atoms with van der Waals surface area (Å²) in [6.45, 7) is 7.52. The van der Waals surface area contributed by atoms with Crippen LogP contribution in [0.25, 0.3) is 0 Å². The lowest BCUT2D eigenvalue weighted by Crippen LogP contribution is -2.28. The first-order valence-electron chi connectivity index (χ1n) is 7.40. The van der Waals surface area contributed by atoms with Gasteiger partial charge in [0.15, 0.2) is 0 Å². The number of rotatable bonds is 5. The van der Waals surface area contributed by atoms with Gasteiger partial charge < -0.3 is 10.1 Å². The smallest absolute Gasteiger partial charge is 0.0665 e. The molecular formula is C17H27NO. The van der Waals surface area contributed by atoms with Gasteiger partial charge in [-0.2, -0.15) is 0 Å². The van der Waals surface area contributed by atoms with Crippen molar-refractivity contribution in [2.45, 2.75) is 57.6 Å². The average Bonchev–Trinajstić information content (AvgIpc) is 2.31. The Labute approximate surface area is 117 Å². The SMILES string of the molecule is CNC(COC1CCC1)c1ccc(C(C)(C)C)cc1. The van der Waals surface area contributed by atoms with E-state index in [0.29, 0.717) is 12.1 Å². The number of nitrogens with one attached hydrogen (secondary N) is 1. The molecule has 0 aromatic heterocycles. The fourth-order valence-electron chi connectivity index (χ4n) is 2.33. The van der Waals surface area contributed by atoms with Crippen molar-refractivity contribution in [3.05, 3.63) is 35.4 Å². The van der Waals surface area contributed by atoms with E-state index in [-0.39, 0.29) is 5.41 Å². The molecule has 1 N–H and O–H groups in total. The molecule has 1 saturated carbocycles. The lowest BCUT2D eigenvalue weighted by atomic mass is 9.86. The summed E-state index contributed by atoms with van der Waals surface area (Å²) in [7, 11) is 2.01. The highest BCUT2D eigenvalue weighted by molar-refractivity contribution is 5.29. The highest BCUT2D eigenvalue weighted by Gasteiger charge is 2.20. The third-order valence-corrected chi connectivity index (χ3v) is 4.08. The minimum absolute atomic E-state index is 0.218. The summed E-state index contributed by atoms with van der Waals surface area (Å²) in [5.41, 5.74) is 2.91. The van der Waals surface area contributed by atoms with Crippen molar-refractivity contribution < 1.29 is 4.74 Å². The van der Waals surface area contributed by atoms with E-state index in [1.807, 2.05) is 7.05 Å². The van der Waals surface area contributed by atoms with Crippen LogP contribution in [0, 0.1) is 0 Å². The first-order chi connectivity index (χ1) is 9.00. The molecule has 19 heavy (non-hydrogen) atoms. The van der Waals surface area contributed by atoms with Crippen molar-refractivity contribution in [1.82, 2.24) is 5.32 Å². The predicted octanol–water partition coefficient (Wildman–Crippen LogP) is 3.81. The molecule has 0 radical (unpaired) electrons. The Balaban J connectivity index is 1.97. The summed E-state index contributed by atoms with van der Waals surface area (Å²) in [4.78, 5) is 0. The number of ether oxygens (including phenoxy) is 1. The zero-order valence-electron chi connectivity index (χ0n) is 12.7. The summed E-state index contributed by atoms with van der Waals surface area (Å²) in [5, 5.41) is 3.36. The van der Waals surface area contributed by atoms with Crippen molar-refractivity contribution >= 4 is 0 Å². The van der Waals surface area contributed by atoms with E-state index in [0.717, 1.165) is 6.61 Å². The molecule has 0 spiro atoms.